The molecule has 5 heteroatoms. The Kier molecular flexibility index (Phi) is 3.54. The van der Waals surface area contributed by atoms with Gasteiger partial charge in [-0.2, -0.15) is 0 Å². The van der Waals surface area contributed by atoms with E-state index in [1.54, 1.807) is 0 Å². The normalized spacial score (nSPS) is 36.2. The third kappa shape index (κ3) is 2.06. The molecule has 4 atom stereocenters. The van der Waals surface area contributed by atoms with Gasteiger partial charge < -0.3 is 14.4 Å². The number of nitrogens with zero attached hydrogens (tertiary/aromatic N) is 1. The highest BCUT2D eigenvalue weighted by atomic mass is 16.6. The molecule has 2 aliphatic heterocycles. The largest absolute Gasteiger partial charge is 0.477 e. The van der Waals surface area contributed by atoms with Crippen molar-refractivity contribution >= 4 is 11.8 Å². The van der Waals surface area contributed by atoms with Gasteiger partial charge in [-0.1, -0.05) is 18.9 Å². The fourth-order valence-electron chi connectivity index (χ4n) is 6.94. The third-order valence-electron chi connectivity index (χ3n) is 8.27. The Morgan fingerprint density at radius 2 is 2.07 bits per heavy atom. The zero-order chi connectivity index (χ0) is 19.0. The van der Waals surface area contributed by atoms with Crippen molar-refractivity contribution in [3.8, 4) is 11.5 Å². The molecule has 0 amide bonds. The zero-order valence-electron chi connectivity index (χ0n) is 16.4. The Labute approximate surface area is 165 Å². The second-order valence-electron chi connectivity index (χ2n) is 9.48. The van der Waals surface area contributed by atoms with Crippen LogP contribution in [0.1, 0.15) is 56.1 Å². The van der Waals surface area contributed by atoms with E-state index < -0.39 is 6.10 Å². The van der Waals surface area contributed by atoms with Crippen molar-refractivity contribution in [2.24, 2.45) is 11.8 Å². The molecule has 2 bridgehead atoms. The minimum Gasteiger partial charge on any atom is -0.477 e. The van der Waals surface area contributed by atoms with E-state index in [-0.39, 0.29) is 23.1 Å². The molecular formula is C23H27NO4. The van der Waals surface area contributed by atoms with Gasteiger partial charge in [0, 0.05) is 23.4 Å². The van der Waals surface area contributed by atoms with E-state index in [9.17, 15) is 9.59 Å². The maximum Gasteiger partial charge on any atom is 0.314 e. The minimum absolute atomic E-state index is 0.00664. The number of benzene rings is 1. The Hall–Kier alpha value is -1.88. The number of likely N-dealkylation sites (tertiary alicyclic amines) is 1. The van der Waals surface area contributed by atoms with Crippen LogP contribution in [0.2, 0.25) is 0 Å². The number of ether oxygens (including phenoxy) is 2. The Balaban J connectivity index is 1.46. The van der Waals surface area contributed by atoms with Crippen LogP contribution < -0.4 is 9.47 Å². The molecule has 3 fully saturated rings. The van der Waals surface area contributed by atoms with Gasteiger partial charge in [-0.15, -0.1) is 0 Å². The van der Waals surface area contributed by atoms with Crippen molar-refractivity contribution < 1.29 is 19.1 Å². The summed E-state index contributed by atoms with van der Waals surface area (Å²) in [5.74, 6) is 1.76. The van der Waals surface area contributed by atoms with E-state index >= 15 is 0 Å². The summed E-state index contributed by atoms with van der Waals surface area (Å²) in [5, 5.41) is 0. The first-order chi connectivity index (χ1) is 13.6. The highest BCUT2D eigenvalue weighted by molar-refractivity contribution is 5.89. The Morgan fingerprint density at radius 3 is 2.89 bits per heavy atom. The summed E-state index contributed by atoms with van der Waals surface area (Å²) in [6.45, 7) is 0.985. The maximum absolute atomic E-state index is 12.9. The number of hydrogen-bond donors (Lipinski definition) is 0. The van der Waals surface area contributed by atoms with Crippen LogP contribution in [0.4, 0.5) is 0 Å². The maximum atomic E-state index is 12.9. The van der Waals surface area contributed by atoms with Crippen LogP contribution in [0.5, 0.6) is 11.5 Å². The zero-order valence-corrected chi connectivity index (χ0v) is 16.4. The average Bonchev–Trinajstić information content (AvgIpc) is 3.33. The molecule has 0 radical (unpaired) electrons. The number of carbonyl (C=O) groups is 2. The highest BCUT2D eigenvalue weighted by Gasteiger charge is 2.65. The van der Waals surface area contributed by atoms with Crippen molar-refractivity contribution in [1.29, 1.82) is 0 Å². The molecule has 0 aromatic heterocycles. The summed E-state index contributed by atoms with van der Waals surface area (Å²) in [4.78, 5) is 28.0. The predicted octanol–water partition coefficient (Wildman–Crippen LogP) is 3.02. The molecule has 1 saturated heterocycles. The first kappa shape index (κ1) is 17.0. The van der Waals surface area contributed by atoms with Crippen molar-refractivity contribution in [3.05, 3.63) is 23.3 Å². The smallest absolute Gasteiger partial charge is 0.314 e. The summed E-state index contributed by atoms with van der Waals surface area (Å²) >= 11 is 0. The van der Waals surface area contributed by atoms with Crippen LogP contribution in [0.15, 0.2) is 12.1 Å². The van der Waals surface area contributed by atoms with Gasteiger partial charge in [0.2, 0.25) is 0 Å². The van der Waals surface area contributed by atoms with Gasteiger partial charge in [0.25, 0.3) is 0 Å². The molecule has 5 aliphatic rings. The summed E-state index contributed by atoms with van der Waals surface area (Å²) < 4.78 is 12.2. The molecule has 1 aromatic rings. The standard InChI is InChI=1S/C23H27NO4/c1-24-11-10-23-15-7-8-17(25)21(23)28-20-18(27-22(26)13-4-2-3-5-13)9-6-14(19(20)23)12-16(15)24/h6,9,13,15-16,21H,2-5,7-8,10-12H2,1H3/t15?,16?,21-,23?/m0/s1. The van der Waals surface area contributed by atoms with Gasteiger partial charge in [0.05, 0.1) is 5.92 Å². The first-order valence-corrected chi connectivity index (χ1v) is 10.9. The second kappa shape index (κ2) is 5.82. The van der Waals surface area contributed by atoms with Gasteiger partial charge >= 0.3 is 5.97 Å². The number of piperidine rings is 1. The Bertz CT molecular complexity index is 874. The number of hydrogen-bond acceptors (Lipinski definition) is 5. The molecule has 3 aliphatic carbocycles. The Morgan fingerprint density at radius 1 is 1.25 bits per heavy atom. The molecule has 0 N–H and O–H groups in total. The molecule has 3 unspecified atom stereocenters. The number of carbonyl (C=O) groups excluding carboxylic acids is 2. The molecule has 148 valence electrons. The summed E-state index contributed by atoms with van der Waals surface area (Å²) in [6.07, 6.45) is 7.12. The third-order valence-corrected chi connectivity index (χ3v) is 8.27. The number of esters is 1. The molecule has 2 heterocycles. The van der Waals surface area contributed by atoms with Crippen molar-refractivity contribution in [2.45, 2.75) is 68.9 Å². The molecule has 5 nitrogen and oxygen atoms in total. The molecular weight excluding hydrogens is 354 g/mol. The molecule has 1 spiro atoms. The van der Waals surface area contributed by atoms with E-state index in [1.165, 1.54) is 11.1 Å². The van der Waals surface area contributed by atoms with Gasteiger partial charge in [-0.25, -0.2) is 0 Å². The van der Waals surface area contributed by atoms with Crippen LogP contribution in [0, 0.1) is 11.8 Å². The number of likely N-dealkylation sites (N-methyl/N-ethyl adjacent to an activating group) is 1. The van der Waals surface area contributed by atoms with E-state index in [0.717, 1.165) is 51.5 Å². The van der Waals surface area contributed by atoms with Gasteiger partial charge in [0.15, 0.2) is 23.4 Å². The van der Waals surface area contributed by atoms with E-state index in [4.69, 9.17) is 9.47 Å². The lowest BCUT2D eigenvalue weighted by atomic mass is 9.52. The van der Waals surface area contributed by atoms with Crippen molar-refractivity contribution in [1.82, 2.24) is 4.90 Å². The topological polar surface area (TPSA) is 55.8 Å². The van der Waals surface area contributed by atoms with Crippen LogP contribution in [-0.4, -0.2) is 42.4 Å². The second-order valence-corrected chi connectivity index (χ2v) is 9.48. The fourth-order valence-corrected chi connectivity index (χ4v) is 6.94. The monoisotopic (exact) mass is 381 g/mol. The highest BCUT2D eigenvalue weighted by Crippen LogP contribution is 2.63. The first-order valence-electron chi connectivity index (χ1n) is 10.9. The van der Waals surface area contributed by atoms with Gasteiger partial charge in [-0.3, -0.25) is 9.59 Å². The van der Waals surface area contributed by atoms with Crippen molar-refractivity contribution in [3.63, 3.8) is 0 Å². The average molecular weight is 381 g/mol. The van der Waals surface area contributed by atoms with E-state index in [2.05, 4.69) is 18.0 Å². The van der Waals surface area contributed by atoms with Crippen LogP contribution in [0.25, 0.3) is 0 Å². The minimum atomic E-state index is -0.400. The lowest BCUT2D eigenvalue weighted by Crippen LogP contribution is -2.65. The molecule has 6 rings (SSSR count). The fraction of sp³-hybridized carbons (Fsp3) is 0.652. The van der Waals surface area contributed by atoms with Crippen LogP contribution >= 0.6 is 0 Å². The predicted molar refractivity (Wildman–Crippen MR) is 103 cm³/mol. The van der Waals surface area contributed by atoms with Crippen LogP contribution in [0.3, 0.4) is 0 Å². The lowest BCUT2D eigenvalue weighted by Gasteiger charge is -2.57. The number of rotatable bonds is 2. The molecule has 1 aromatic carbocycles. The summed E-state index contributed by atoms with van der Waals surface area (Å²) in [5.41, 5.74) is 2.25. The van der Waals surface area contributed by atoms with Crippen molar-refractivity contribution in [2.75, 3.05) is 13.6 Å². The quantitative estimate of drug-likeness (QED) is 0.582. The van der Waals surface area contributed by atoms with Crippen LogP contribution in [-0.2, 0) is 21.4 Å². The van der Waals surface area contributed by atoms with Gasteiger partial charge in [-0.05, 0) is 63.2 Å². The molecule has 2 saturated carbocycles. The summed E-state index contributed by atoms with van der Waals surface area (Å²) in [7, 11) is 2.21. The number of Topliss-reactive ketones (excluding diaryl/α,β-unsaturated/α-hetero) is 1. The number of ketones is 1. The van der Waals surface area contributed by atoms with E-state index in [0.29, 0.717) is 29.9 Å². The summed E-state index contributed by atoms with van der Waals surface area (Å²) in [6, 6.07) is 4.49. The van der Waals surface area contributed by atoms with Gasteiger partial charge in [0.1, 0.15) is 0 Å². The molecule has 28 heavy (non-hydrogen) atoms. The SMILES string of the molecule is CN1CCC23c4c5ccc(OC(=O)C6CCCC6)c4O[C@H]2C(=O)CCC3C1C5. The van der Waals surface area contributed by atoms with E-state index in [1.807, 2.05) is 6.07 Å². The lowest BCUT2D eigenvalue weighted by molar-refractivity contribution is -0.139.